The summed E-state index contributed by atoms with van der Waals surface area (Å²) >= 11 is 6.60. The lowest BCUT2D eigenvalue weighted by Crippen LogP contribution is -2.49. The highest BCUT2D eigenvalue weighted by Crippen LogP contribution is 2.56. The van der Waals surface area contributed by atoms with Gasteiger partial charge in [-0.05, 0) is 23.3 Å². The first-order valence-corrected chi connectivity index (χ1v) is 11.0. The van der Waals surface area contributed by atoms with E-state index < -0.39 is 29.3 Å². The van der Waals surface area contributed by atoms with E-state index in [4.69, 9.17) is 17.3 Å². The molecule has 2 N–H and O–H groups in total. The fourth-order valence-electron chi connectivity index (χ4n) is 5.27. The minimum absolute atomic E-state index is 0.200. The highest BCUT2D eigenvalue weighted by atomic mass is 35.5. The van der Waals surface area contributed by atoms with E-state index in [1.165, 1.54) is 0 Å². The number of hydrogen-bond donors (Lipinski definition) is 1. The SMILES string of the molecule is N#C[C@]1(C(N)=O)[C@H](c2ccccc2Cl)[C@H](C(=O)c2ccccc2)N2c3ccccc3C=C[C@@H]21. The van der Waals surface area contributed by atoms with Crippen molar-refractivity contribution < 1.29 is 9.59 Å². The molecule has 0 radical (unpaired) electrons. The minimum Gasteiger partial charge on any atom is -0.368 e. The number of Topliss-reactive ketones (excluding diaryl/α,β-unsaturated/α-hetero) is 1. The highest BCUT2D eigenvalue weighted by molar-refractivity contribution is 6.31. The zero-order valence-corrected chi connectivity index (χ0v) is 18.3. The van der Waals surface area contributed by atoms with E-state index in [0.717, 1.165) is 11.3 Å². The Bertz CT molecular complexity index is 1330. The Kier molecular flexibility index (Phi) is 5.03. The number of nitrogens with zero attached hydrogens (tertiary/aromatic N) is 2. The third-order valence-corrected chi connectivity index (χ3v) is 7.05. The molecule has 1 amide bonds. The van der Waals surface area contributed by atoms with Crippen molar-refractivity contribution in [3.05, 3.63) is 107 Å². The van der Waals surface area contributed by atoms with Crippen molar-refractivity contribution in [1.29, 1.82) is 5.26 Å². The molecule has 3 aromatic rings. The van der Waals surface area contributed by atoms with Crippen LogP contribution < -0.4 is 10.6 Å². The van der Waals surface area contributed by atoms with E-state index in [1.54, 1.807) is 54.6 Å². The summed E-state index contributed by atoms with van der Waals surface area (Å²) in [5.41, 5.74) is 6.98. The Labute approximate surface area is 196 Å². The molecular weight excluding hydrogens is 434 g/mol. The molecule has 1 saturated heterocycles. The molecule has 4 atom stereocenters. The number of nitrogens with two attached hydrogens (primary N) is 1. The van der Waals surface area contributed by atoms with Gasteiger partial charge < -0.3 is 10.6 Å². The standard InChI is InChI=1S/C27H20ClN3O2/c28-20-12-6-5-11-19(20)23-24(25(32)18-9-2-1-3-10-18)31-21-13-7-4-8-17(21)14-15-22(31)27(23,16-29)26(30)33/h1-15,22-24H,(H2,30,33)/t22-,23-,24-,27-/m1/s1. The van der Waals surface area contributed by atoms with E-state index in [2.05, 4.69) is 6.07 Å². The van der Waals surface area contributed by atoms with Crippen LogP contribution in [0.5, 0.6) is 0 Å². The van der Waals surface area contributed by atoms with Crippen LogP contribution in [0.2, 0.25) is 5.02 Å². The fourth-order valence-corrected chi connectivity index (χ4v) is 5.53. The highest BCUT2D eigenvalue weighted by Gasteiger charge is 2.66. The summed E-state index contributed by atoms with van der Waals surface area (Å²) in [5.74, 6) is -1.85. The van der Waals surface area contributed by atoms with E-state index >= 15 is 0 Å². The maximum absolute atomic E-state index is 14.1. The van der Waals surface area contributed by atoms with Crippen LogP contribution in [0, 0.1) is 16.7 Å². The zero-order chi connectivity index (χ0) is 23.2. The van der Waals surface area contributed by atoms with Crippen LogP contribution in [0.25, 0.3) is 6.08 Å². The van der Waals surface area contributed by atoms with Gasteiger partial charge in [0.1, 0.15) is 6.04 Å². The first kappa shape index (κ1) is 21.0. The molecule has 5 nitrogen and oxygen atoms in total. The number of anilines is 1. The van der Waals surface area contributed by atoms with Gasteiger partial charge in [-0.3, -0.25) is 9.59 Å². The average molecular weight is 454 g/mol. The maximum Gasteiger partial charge on any atom is 0.241 e. The molecule has 33 heavy (non-hydrogen) atoms. The molecule has 2 aliphatic heterocycles. The lowest BCUT2D eigenvalue weighted by atomic mass is 9.67. The Morgan fingerprint density at radius 3 is 2.33 bits per heavy atom. The Morgan fingerprint density at radius 1 is 0.970 bits per heavy atom. The smallest absolute Gasteiger partial charge is 0.241 e. The maximum atomic E-state index is 14.1. The van der Waals surface area contributed by atoms with Crippen molar-refractivity contribution in [3.8, 4) is 6.07 Å². The second-order valence-corrected chi connectivity index (χ2v) is 8.70. The molecule has 3 aromatic carbocycles. The lowest BCUT2D eigenvalue weighted by molar-refractivity contribution is -0.125. The summed E-state index contributed by atoms with van der Waals surface area (Å²) in [4.78, 5) is 29.1. The van der Waals surface area contributed by atoms with Gasteiger partial charge in [0.2, 0.25) is 5.91 Å². The third-order valence-electron chi connectivity index (χ3n) is 6.71. The van der Waals surface area contributed by atoms with E-state index in [-0.39, 0.29) is 5.78 Å². The molecular formula is C27H20ClN3O2. The second-order valence-electron chi connectivity index (χ2n) is 8.29. The van der Waals surface area contributed by atoms with Gasteiger partial charge in [0, 0.05) is 22.2 Å². The van der Waals surface area contributed by atoms with Gasteiger partial charge in [-0.1, -0.05) is 90.5 Å². The van der Waals surface area contributed by atoms with Crippen LogP contribution in [-0.2, 0) is 4.79 Å². The predicted molar refractivity (Wildman–Crippen MR) is 128 cm³/mol. The largest absolute Gasteiger partial charge is 0.368 e. The number of benzene rings is 3. The summed E-state index contributed by atoms with van der Waals surface area (Å²) < 4.78 is 0. The number of fused-ring (bicyclic) bond motifs is 3. The molecule has 2 heterocycles. The Balaban J connectivity index is 1.84. The average Bonchev–Trinajstić information content (AvgIpc) is 3.16. The normalized spacial score (nSPS) is 25.1. The van der Waals surface area contributed by atoms with E-state index in [0.29, 0.717) is 16.1 Å². The molecule has 0 saturated carbocycles. The molecule has 1 fully saturated rings. The zero-order valence-electron chi connectivity index (χ0n) is 17.6. The quantitative estimate of drug-likeness (QED) is 0.585. The molecule has 6 heteroatoms. The van der Waals surface area contributed by atoms with Gasteiger partial charge in [0.05, 0.1) is 12.1 Å². The van der Waals surface area contributed by atoms with Gasteiger partial charge in [0.15, 0.2) is 11.2 Å². The topological polar surface area (TPSA) is 87.2 Å². The Hall–Kier alpha value is -3.88. The number of para-hydroxylation sites is 1. The van der Waals surface area contributed by atoms with E-state index in [1.807, 2.05) is 41.3 Å². The van der Waals surface area contributed by atoms with Crippen LogP contribution in [-0.4, -0.2) is 23.8 Å². The molecule has 162 valence electrons. The van der Waals surface area contributed by atoms with Gasteiger partial charge >= 0.3 is 0 Å². The van der Waals surface area contributed by atoms with Crippen molar-refractivity contribution in [1.82, 2.24) is 0 Å². The first-order valence-electron chi connectivity index (χ1n) is 10.6. The summed E-state index contributed by atoms with van der Waals surface area (Å²) in [6.45, 7) is 0. The molecule has 0 aromatic heterocycles. The number of halogens is 1. The summed E-state index contributed by atoms with van der Waals surface area (Å²) in [6, 6.07) is 24.2. The lowest BCUT2D eigenvalue weighted by Gasteiger charge is -2.36. The second kappa shape index (κ2) is 7.91. The van der Waals surface area contributed by atoms with Crippen LogP contribution in [0.15, 0.2) is 84.9 Å². The molecule has 2 aliphatic rings. The predicted octanol–water partition coefficient (Wildman–Crippen LogP) is 4.59. The van der Waals surface area contributed by atoms with Crippen molar-refractivity contribution >= 4 is 35.1 Å². The van der Waals surface area contributed by atoms with Crippen LogP contribution in [0.4, 0.5) is 5.69 Å². The molecule has 0 unspecified atom stereocenters. The fraction of sp³-hybridized carbons (Fsp3) is 0.148. The summed E-state index contributed by atoms with van der Waals surface area (Å²) in [5, 5.41) is 10.9. The molecule has 0 bridgehead atoms. The number of carbonyl (C=O) groups is 2. The van der Waals surface area contributed by atoms with Gasteiger partial charge in [-0.25, -0.2) is 0 Å². The first-order chi connectivity index (χ1) is 16.0. The van der Waals surface area contributed by atoms with Crippen molar-refractivity contribution in [2.45, 2.75) is 18.0 Å². The monoisotopic (exact) mass is 453 g/mol. The molecule has 5 rings (SSSR count). The van der Waals surface area contributed by atoms with Crippen molar-refractivity contribution in [3.63, 3.8) is 0 Å². The number of rotatable bonds is 4. The molecule has 0 spiro atoms. The van der Waals surface area contributed by atoms with Crippen LogP contribution in [0.1, 0.15) is 27.4 Å². The van der Waals surface area contributed by atoms with E-state index in [9.17, 15) is 14.9 Å². The van der Waals surface area contributed by atoms with Gasteiger partial charge in [0.25, 0.3) is 0 Å². The number of amides is 1. The van der Waals surface area contributed by atoms with Gasteiger partial charge in [-0.15, -0.1) is 0 Å². The number of carbonyl (C=O) groups excluding carboxylic acids is 2. The number of hydrogen-bond acceptors (Lipinski definition) is 4. The van der Waals surface area contributed by atoms with Crippen molar-refractivity contribution in [2.24, 2.45) is 11.1 Å². The summed E-state index contributed by atoms with van der Waals surface area (Å²) in [6.07, 6.45) is 3.68. The Morgan fingerprint density at radius 2 is 1.64 bits per heavy atom. The summed E-state index contributed by atoms with van der Waals surface area (Å²) in [7, 11) is 0. The number of ketones is 1. The number of primary amides is 1. The van der Waals surface area contributed by atoms with Crippen molar-refractivity contribution in [2.75, 3.05) is 4.90 Å². The van der Waals surface area contributed by atoms with Gasteiger partial charge in [-0.2, -0.15) is 5.26 Å². The minimum atomic E-state index is -1.70. The van der Waals surface area contributed by atoms with Crippen LogP contribution in [0.3, 0.4) is 0 Å². The number of nitriles is 1. The molecule has 0 aliphatic carbocycles. The van der Waals surface area contributed by atoms with Crippen LogP contribution >= 0.6 is 11.6 Å². The third kappa shape index (κ3) is 2.99.